The number of carboxylic acid groups (broad SMARTS) is 1. The van der Waals surface area contributed by atoms with Gasteiger partial charge in [-0.25, -0.2) is 4.98 Å². The Morgan fingerprint density at radius 2 is 1.68 bits per heavy atom. The summed E-state index contributed by atoms with van der Waals surface area (Å²) in [6.45, 7) is 1.24. The van der Waals surface area contributed by atoms with Gasteiger partial charge in [0.1, 0.15) is 6.04 Å². The summed E-state index contributed by atoms with van der Waals surface area (Å²) in [7, 11) is 0. The summed E-state index contributed by atoms with van der Waals surface area (Å²) in [5, 5.41) is 12.6. The first kappa shape index (κ1) is 16.9. The highest BCUT2D eigenvalue weighted by Gasteiger charge is 2.18. The van der Waals surface area contributed by atoms with Crippen molar-refractivity contribution in [2.75, 3.05) is 0 Å². The molecule has 1 atom stereocenters. The van der Waals surface area contributed by atoms with E-state index in [4.69, 9.17) is 0 Å². The number of rotatable bonds is 8. The van der Waals surface area contributed by atoms with Crippen molar-refractivity contribution in [1.29, 1.82) is 0 Å². The lowest BCUT2D eigenvalue weighted by atomic mass is 10.1. The molecular formula is C20H21N3O2. The standard InChI is InChI=1S/C20H21N3O2/c24-20(25)19(21-12-16-7-3-1-4-8-16)11-18-14-23(15-22-18)13-17-9-5-2-6-10-17/h1-10,14-15,19,21H,11-13H2,(H,24,25)/t19-/m0/s1. The molecule has 1 aromatic heterocycles. The Morgan fingerprint density at radius 1 is 1.04 bits per heavy atom. The summed E-state index contributed by atoms with van der Waals surface area (Å²) in [5.74, 6) is -0.867. The minimum absolute atomic E-state index is 0.351. The molecule has 3 rings (SSSR count). The summed E-state index contributed by atoms with van der Waals surface area (Å²) in [5.41, 5.74) is 3.01. The van der Waals surface area contributed by atoms with E-state index in [1.54, 1.807) is 6.33 Å². The number of carboxylic acids is 1. The second-order valence-electron chi connectivity index (χ2n) is 5.98. The van der Waals surface area contributed by atoms with Crippen molar-refractivity contribution in [3.63, 3.8) is 0 Å². The van der Waals surface area contributed by atoms with Crippen molar-refractivity contribution in [3.05, 3.63) is 90.0 Å². The van der Waals surface area contributed by atoms with E-state index in [9.17, 15) is 9.90 Å². The van der Waals surface area contributed by atoms with Crippen molar-refractivity contribution in [1.82, 2.24) is 14.9 Å². The van der Waals surface area contributed by atoms with Crippen LogP contribution in [0.2, 0.25) is 0 Å². The van der Waals surface area contributed by atoms with Crippen LogP contribution in [0.15, 0.2) is 73.2 Å². The van der Waals surface area contributed by atoms with Gasteiger partial charge in [0.2, 0.25) is 0 Å². The van der Waals surface area contributed by atoms with Gasteiger partial charge in [0.15, 0.2) is 0 Å². The molecule has 128 valence electrons. The highest BCUT2D eigenvalue weighted by atomic mass is 16.4. The van der Waals surface area contributed by atoms with E-state index in [1.165, 1.54) is 5.56 Å². The van der Waals surface area contributed by atoms with Crippen LogP contribution in [0.5, 0.6) is 0 Å². The first-order chi connectivity index (χ1) is 12.2. The maximum atomic E-state index is 11.5. The molecule has 0 fully saturated rings. The van der Waals surface area contributed by atoms with Crippen LogP contribution in [-0.2, 0) is 24.3 Å². The van der Waals surface area contributed by atoms with E-state index in [-0.39, 0.29) is 0 Å². The van der Waals surface area contributed by atoms with Gasteiger partial charge in [0.25, 0.3) is 0 Å². The number of nitrogens with one attached hydrogen (secondary N) is 1. The van der Waals surface area contributed by atoms with Crippen LogP contribution in [0, 0.1) is 0 Å². The minimum atomic E-state index is -0.867. The maximum Gasteiger partial charge on any atom is 0.321 e. The summed E-state index contributed by atoms with van der Waals surface area (Å²) in [6.07, 6.45) is 4.01. The zero-order valence-corrected chi connectivity index (χ0v) is 13.9. The fourth-order valence-electron chi connectivity index (χ4n) is 2.69. The van der Waals surface area contributed by atoms with Gasteiger partial charge in [-0.05, 0) is 11.1 Å². The molecule has 0 saturated carbocycles. The summed E-state index contributed by atoms with van der Waals surface area (Å²) in [6, 6.07) is 19.2. The Kier molecular flexibility index (Phi) is 5.59. The number of aliphatic carboxylic acids is 1. The maximum absolute atomic E-state index is 11.5. The minimum Gasteiger partial charge on any atom is -0.480 e. The predicted molar refractivity (Wildman–Crippen MR) is 96.2 cm³/mol. The number of nitrogens with zero attached hydrogens (tertiary/aromatic N) is 2. The average molecular weight is 335 g/mol. The number of benzene rings is 2. The summed E-state index contributed by atoms with van der Waals surface area (Å²) in [4.78, 5) is 15.9. The molecule has 2 aromatic carbocycles. The highest BCUT2D eigenvalue weighted by Crippen LogP contribution is 2.07. The van der Waals surface area contributed by atoms with Crippen LogP contribution in [0.3, 0.4) is 0 Å². The molecule has 25 heavy (non-hydrogen) atoms. The Hall–Kier alpha value is -2.92. The van der Waals surface area contributed by atoms with Gasteiger partial charge < -0.3 is 9.67 Å². The monoisotopic (exact) mass is 335 g/mol. The summed E-state index contributed by atoms with van der Waals surface area (Å²) >= 11 is 0. The fraction of sp³-hybridized carbons (Fsp3) is 0.200. The second kappa shape index (κ2) is 8.26. The van der Waals surface area contributed by atoms with Crippen molar-refractivity contribution >= 4 is 5.97 Å². The lowest BCUT2D eigenvalue weighted by molar-refractivity contribution is -0.139. The molecule has 5 heteroatoms. The fourth-order valence-corrected chi connectivity index (χ4v) is 2.69. The van der Waals surface area contributed by atoms with E-state index < -0.39 is 12.0 Å². The molecule has 2 N–H and O–H groups in total. The molecule has 0 saturated heterocycles. The van der Waals surface area contributed by atoms with Crippen LogP contribution in [0.25, 0.3) is 0 Å². The molecule has 0 aliphatic heterocycles. The van der Waals surface area contributed by atoms with Crippen LogP contribution in [0.1, 0.15) is 16.8 Å². The normalized spacial score (nSPS) is 12.0. The predicted octanol–water partition coefficient (Wildman–Crippen LogP) is 2.72. The van der Waals surface area contributed by atoms with Gasteiger partial charge in [-0.2, -0.15) is 0 Å². The van der Waals surface area contributed by atoms with Gasteiger partial charge in [-0.3, -0.25) is 10.1 Å². The van der Waals surface area contributed by atoms with E-state index >= 15 is 0 Å². The van der Waals surface area contributed by atoms with E-state index in [2.05, 4.69) is 22.4 Å². The Morgan fingerprint density at radius 3 is 2.32 bits per heavy atom. The molecule has 3 aromatic rings. The van der Waals surface area contributed by atoms with Gasteiger partial charge in [-0.1, -0.05) is 60.7 Å². The smallest absolute Gasteiger partial charge is 0.321 e. The van der Waals surface area contributed by atoms with Gasteiger partial charge in [0.05, 0.1) is 12.0 Å². The van der Waals surface area contributed by atoms with Gasteiger partial charge in [-0.15, -0.1) is 0 Å². The molecule has 0 unspecified atom stereocenters. The largest absolute Gasteiger partial charge is 0.480 e. The Balaban J connectivity index is 1.59. The molecular weight excluding hydrogens is 314 g/mol. The van der Waals surface area contributed by atoms with Crippen LogP contribution < -0.4 is 5.32 Å². The zero-order chi connectivity index (χ0) is 17.5. The van der Waals surface area contributed by atoms with Crippen LogP contribution >= 0.6 is 0 Å². The quantitative estimate of drug-likeness (QED) is 0.664. The zero-order valence-electron chi connectivity index (χ0n) is 13.9. The van der Waals surface area contributed by atoms with E-state index in [1.807, 2.05) is 59.3 Å². The van der Waals surface area contributed by atoms with Crippen molar-refractivity contribution < 1.29 is 9.90 Å². The third kappa shape index (κ3) is 5.02. The molecule has 0 spiro atoms. The molecule has 0 aliphatic rings. The molecule has 1 heterocycles. The Labute approximate surface area is 147 Å². The van der Waals surface area contributed by atoms with Crippen molar-refractivity contribution in [2.24, 2.45) is 0 Å². The number of hydrogen-bond acceptors (Lipinski definition) is 3. The van der Waals surface area contributed by atoms with Gasteiger partial charge in [0, 0.05) is 25.7 Å². The summed E-state index contributed by atoms with van der Waals surface area (Å²) < 4.78 is 1.97. The lowest BCUT2D eigenvalue weighted by Gasteiger charge is -2.13. The molecule has 5 nitrogen and oxygen atoms in total. The SMILES string of the molecule is O=C(O)[C@H](Cc1cn(Cc2ccccc2)cn1)NCc1ccccc1. The average Bonchev–Trinajstić information content (AvgIpc) is 3.07. The third-order valence-corrected chi connectivity index (χ3v) is 4.00. The molecule has 0 bridgehead atoms. The lowest BCUT2D eigenvalue weighted by Crippen LogP contribution is -2.38. The molecule has 0 amide bonds. The third-order valence-electron chi connectivity index (χ3n) is 4.00. The molecule has 0 radical (unpaired) electrons. The number of imidazole rings is 1. The van der Waals surface area contributed by atoms with Gasteiger partial charge >= 0.3 is 5.97 Å². The van der Waals surface area contributed by atoms with E-state index in [0.29, 0.717) is 13.0 Å². The highest BCUT2D eigenvalue weighted by molar-refractivity contribution is 5.73. The Bertz CT molecular complexity index is 800. The number of hydrogen-bond donors (Lipinski definition) is 2. The first-order valence-electron chi connectivity index (χ1n) is 8.25. The number of carbonyl (C=O) groups is 1. The molecule has 0 aliphatic carbocycles. The van der Waals surface area contributed by atoms with E-state index in [0.717, 1.165) is 17.8 Å². The van der Waals surface area contributed by atoms with Crippen LogP contribution in [0.4, 0.5) is 0 Å². The van der Waals surface area contributed by atoms with Crippen LogP contribution in [-0.4, -0.2) is 26.7 Å². The number of aromatic nitrogens is 2. The topological polar surface area (TPSA) is 67.1 Å². The second-order valence-corrected chi connectivity index (χ2v) is 5.98. The first-order valence-corrected chi connectivity index (χ1v) is 8.25. The van der Waals surface area contributed by atoms with Crippen molar-refractivity contribution in [2.45, 2.75) is 25.6 Å². The van der Waals surface area contributed by atoms with Crippen molar-refractivity contribution in [3.8, 4) is 0 Å².